The maximum absolute atomic E-state index is 12.6. The van der Waals surface area contributed by atoms with Crippen molar-refractivity contribution in [2.24, 2.45) is 5.92 Å². The molecule has 0 aliphatic carbocycles. The summed E-state index contributed by atoms with van der Waals surface area (Å²) in [4.78, 5) is 17.7. The van der Waals surface area contributed by atoms with E-state index in [-0.39, 0.29) is 30.8 Å². The second-order valence-corrected chi connectivity index (χ2v) is 11.4. The molecule has 196 valence electrons. The van der Waals surface area contributed by atoms with Crippen LogP contribution in [0.15, 0.2) is 48.7 Å². The molecule has 1 saturated heterocycles. The van der Waals surface area contributed by atoms with Gasteiger partial charge in [-0.2, -0.15) is 0 Å². The predicted octanol–water partition coefficient (Wildman–Crippen LogP) is 4.29. The van der Waals surface area contributed by atoms with Crippen LogP contribution in [0.2, 0.25) is 0 Å². The maximum Gasteiger partial charge on any atom is 0.330 e. The van der Waals surface area contributed by atoms with Gasteiger partial charge >= 0.3 is 5.97 Å². The molecule has 0 unspecified atom stereocenters. The first-order valence-corrected chi connectivity index (χ1v) is 13.6. The van der Waals surface area contributed by atoms with Crippen molar-refractivity contribution in [3.8, 4) is 0 Å². The molecule has 8 atom stereocenters. The molecule has 1 fully saturated rings. The van der Waals surface area contributed by atoms with Crippen LogP contribution in [-0.2, 0) is 19.0 Å². The van der Waals surface area contributed by atoms with Gasteiger partial charge in [-0.3, -0.25) is 0 Å². The lowest BCUT2D eigenvalue weighted by Gasteiger charge is -2.28. The van der Waals surface area contributed by atoms with Crippen molar-refractivity contribution >= 4 is 23.4 Å². The normalized spacial score (nSPS) is 35.9. The molecular weight excluding hydrogens is 478 g/mol. The Morgan fingerprint density at radius 1 is 1.22 bits per heavy atom. The summed E-state index contributed by atoms with van der Waals surface area (Å²) >= 11 is 1.51. The first kappa shape index (κ1) is 26.9. The van der Waals surface area contributed by atoms with Gasteiger partial charge in [0.15, 0.2) is 0 Å². The van der Waals surface area contributed by atoms with Gasteiger partial charge in [-0.15, -0.1) is 11.3 Å². The molecule has 36 heavy (non-hydrogen) atoms. The van der Waals surface area contributed by atoms with Crippen molar-refractivity contribution in [3.63, 3.8) is 0 Å². The molecule has 3 aliphatic rings. The zero-order chi connectivity index (χ0) is 25.7. The fraction of sp³-hybridized carbons (Fsp3) is 0.571. The van der Waals surface area contributed by atoms with Crippen LogP contribution in [0.3, 0.4) is 0 Å². The van der Waals surface area contributed by atoms with Crippen LogP contribution in [0.1, 0.15) is 55.3 Å². The average molecular weight is 516 g/mol. The van der Waals surface area contributed by atoms with Gasteiger partial charge in [0.2, 0.25) is 0 Å². The number of cyclic esters (lactones) is 1. The van der Waals surface area contributed by atoms with Gasteiger partial charge in [0, 0.05) is 23.6 Å². The highest BCUT2D eigenvalue weighted by Crippen LogP contribution is 2.35. The Bertz CT molecular complexity index is 1000. The number of thiazole rings is 1. The van der Waals surface area contributed by atoms with Crippen molar-refractivity contribution in [1.82, 2.24) is 4.98 Å². The number of fused-ring (bicyclic) bond motifs is 3. The minimum absolute atomic E-state index is 0.0864. The number of epoxide rings is 1. The first-order chi connectivity index (χ1) is 17.3. The van der Waals surface area contributed by atoms with Crippen LogP contribution in [0.25, 0.3) is 6.08 Å². The van der Waals surface area contributed by atoms with E-state index in [0.29, 0.717) is 18.8 Å². The highest BCUT2D eigenvalue weighted by atomic mass is 32.1. The van der Waals surface area contributed by atoms with Gasteiger partial charge in [-0.05, 0) is 51.0 Å². The highest BCUT2D eigenvalue weighted by molar-refractivity contribution is 7.12. The minimum atomic E-state index is -1.03. The topological polar surface area (TPSA) is 101 Å². The lowest BCUT2D eigenvalue weighted by molar-refractivity contribution is -0.147. The molecule has 2 bridgehead atoms. The van der Waals surface area contributed by atoms with E-state index in [1.54, 1.807) is 24.4 Å². The zero-order valence-electron chi connectivity index (χ0n) is 21.0. The maximum atomic E-state index is 12.6. The number of aliphatic hydroxyl groups excluding tert-OH is 2. The molecule has 2 N–H and O–H groups in total. The standard InChI is InChI=1S/C28H37NO6S/c1-17-12-18(2)14-24(31)28-26(35-28)15-25(23(30)11-10-22-16-29-19(3)36-22)34-27(32)9-5-7-20-6-4-8-21(13-17)33-20/h4-6,9-11,16-17,20-21,23-26,28,30-31H,2,7-8,12-15H2,1,3H3/b9-5+,11-10+/t17-,20-,21-,23-,24-,25-,26-,28-/m0/s1. The molecule has 1 aromatic rings. The molecule has 1 aromatic heterocycles. The van der Waals surface area contributed by atoms with E-state index in [1.807, 2.05) is 13.0 Å². The fourth-order valence-electron chi connectivity index (χ4n) is 4.97. The number of carbonyl (C=O) groups excluding carboxylic acids is 1. The summed E-state index contributed by atoms with van der Waals surface area (Å²) in [5.41, 5.74) is 0.988. The number of carbonyl (C=O) groups is 1. The third-order valence-corrected chi connectivity index (χ3v) is 7.63. The van der Waals surface area contributed by atoms with E-state index in [1.165, 1.54) is 17.4 Å². The number of ether oxygens (including phenoxy) is 3. The first-order valence-electron chi connectivity index (χ1n) is 12.7. The molecular formula is C28H37NO6S. The van der Waals surface area contributed by atoms with Gasteiger partial charge in [-0.1, -0.05) is 43.4 Å². The monoisotopic (exact) mass is 515 g/mol. The number of hydrogen-bond acceptors (Lipinski definition) is 8. The lowest BCUT2D eigenvalue weighted by Crippen LogP contribution is -2.32. The lowest BCUT2D eigenvalue weighted by atomic mass is 9.91. The van der Waals surface area contributed by atoms with E-state index in [4.69, 9.17) is 14.2 Å². The second-order valence-electron chi connectivity index (χ2n) is 10.1. The highest BCUT2D eigenvalue weighted by Gasteiger charge is 2.46. The molecule has 0 amide bonds. The van der Waals surface area contributed by atoms with Crippen molar-refractivity contribution in [3.05, 3.63) is 58.6 Å². The van der Waals surface area contributed by atoms with Crippen LogP contribution in [-0.4, -0.2) is 63.9 Å². The summed E-state index contributed by atoms with van der Waals surface area (Å²) in [5, 5.41) is 22.5. The van der Waals surface area contributed by atoms with Crippen LogP contribution >= 0.6 is 11.3 Å². The van der Waals surface area contributed by atoms with Crippen molar-refractivity contribution in [1.29, 1.82) is 0 Å². The van der Waals surface area contributed by atoms with Gasteiger partial charge in [0.05, 0.1) is 29.4 Å². The summed E-state index contributed by atoms with van der Waals surface area (Å²) < 4.78 is 17.6. The number of hydrogen-bond donors (Lipinski definition) is 2. The molecule has 7 nitrogen and oxygen atoms in total. The molecule has 8 heteroatoms. The van der Waals surface area contributed by atoms with E-state index in [9.17, 15) is 15.0 Å². The third-order valence-electron chi connectivity index (χ3n) is 6.75. The number of esters is 1. The quantitative estimate of drug-likeness (QED) is 0.352. The number of rotatable bonds is 3. The Kier molecular flexibility index (Phi) is 9.30. The van der Waals surface area contributed by atoms with E-state index < -0.39 is 24.3 Å². The van der Waals surface area contributed by atoms with Crippen molar-refractivity contribution in [2.75, 3.05) is 0 Å². The largest absolute Gasteiger partial charge is 0.456 e. The number of aliphatic hydroxyl groups is 2. The molecule has 0 spiro atoms. The molecule has 0 radical (unpaired) electrons. The van der Waals surface area contributed by atoms with Crippen LogP contribution < -0.4 is 0 Å². The van der Waals surface area contributed by atoms with Gasteiger partial charge in [0.1, 0.15) is 18.3 Å². The second kappa shape index (κ2) is 12.4. The Morgan fingerprint density at radius 2 is 2.06 bits per heavy atom. The molecule has 4 rings (SSSR count). The zero-order valence-corrected chi connectivity index (χ0v) is 21.8. The van der Waals surface area contributed by atoms with E-state index in [2.05, 4.69) is 24.6 Å². The summed E-state index contributed by atoms with van der Waals surface area (Å²) in [5.74, 6) is -0.144. The van der Waals surface area contributed by atoms with Crippen molar-refractivity contribution < 1.29 is 29.2 Å². The predicted molar refractivity (Wildman–Crippen MR) is 139 cm³/mol. The van der Waals surface area contributed by atoms with Gasteiger partial charge in [-0.25, -0.2) is 9.78 Å². The Morgan fingerprint density at radius 3 is 2.83 bits per heavy atom. The van der Waals surface area contributed by atoms with Crippen LogP contribution in [0.5, 0.6) is 0 Å². The summed E-state index contributed by atoms with van der Waals surface area (Å²) in [7, 11) is 0. The number of aryl methyl sites for hydroxylation is 1. The van der Waals surface area contributed by atoms with Gasteiger partial charge < -0.3 is 24.4 Å². The third kappa shape index (κ3) is 7.95. The summed E-state index contributed by atoms with van der Waals surface area (Å²) in [6, 6.07) is 0. The SMILES string of the molecule is C=C1C[C@H](C)C[C@@H]2CC=C[C@@H](C/C=C/C(=O)O[C@H]([C@@H](O)/C=C/c3cnc(C)s3)C[C@@H]3O[C@H]3[C@@H](O)C1)O2. The summed E-state index contributed by atoms with van der Waals surface area (Å²) in [6.07, 6.45) is 13.2. The summed E-state index contributed by atoms with van der Waals surface area (Å²) in [6.45, 7) is 8.29. The Labute approximate surface area is 217 Å². The minimum Gasteiger partial charge on any atom is -0.456 e. The Hall–Kier alpha value is -2.10. The molecule has 3 aliphatic heterocycles. The Balaban J connectivity index is 1.46. The van der Waals surface area contributed by atoms with Crippen LogP contribution in [0, 0.1) is 12.8 Å². The molecule has 4 heterocycles. The van der Waals surface area contributed by atoms with Gasteiger partial charge in [0.25, 0.3) is 0 Å². The van der Waals surface area contributed by atoms with E-state index >= 15 is 0 Å². The van der Waals surface area contributed by atoms with E-state index in [0.717, 1.165) is 34.7 Å². The molecule has 0 saturated carbocycles. The van der Waals surface area contributed by atoms with Crippen LogP contribution in [0.4, 0.5) is 0 Å². The average Bonchev–Trinajstić information content (AvgIpc) is 3.47. The fourth-order valence-corrected chi connectivity index (χ4v) is 5.66. The number of aromatic nitrogens is 1. The molecule has 0 aromatic carbocycles. The van der Waals surface area contributed by atoms with Crippen molar-refractivity contribution in [2.45, 2.75) is 95.1 Å². The smallest absolute Gasteiger partial charge is 0.330 e. The number of nitrogens with zero attached hydrogens (tertiary/aromatic N) is 1.